The molecule has 0 bridgehead atoms. The van der Waals surface area contributed by atoms with Gasteiger partial charge in [-0.25, -0.2) is 9.78 Å². The average Bonchev–Trinajstić information content (AvgIpc) is 2.39. The summed E-state index contributed by atoms with van der Waals surface area (Å²) >= 11 is 0. The summed E-state index contributed by atoms with van der Waals surface area (Å²) in [6.45, 7) is 0. The number of oxazole rings is 1. The maximum atomic E-state index is 10.1. The Morgan fingerprint density at radius 1 is 1.82 bits per heavy atom. The molecule has 1 aromatic heterocycles. The van der Waals surface area contributed by atoms with E-state index in [4.69, 9.17) is 14.6 Å². The fourth-order valence-electron chi connectivity index (χ4n) is 0.621. The van der Waals surface area contributed by atoms with Crippen molar-refractivity contribution in [1.82, 2.24) is 4.98 Å². The first-order chi connectivity index (χ1) is 5.20. The Morgan fingerprint density at radius 2 is 2.55 bits per heavy atom. The van der Waals surface area contributed by atoms with Crippen LogP contribution in [0.3, 0.4) is 0 Å². The molecule has 5 nitrogen and oxygen atoms in total. The van der Waals surface area contributed by atoms with Crippen LogP contribution in [-0.2, 0) is 11.2 Å². The molecule has 60 valence electrons. The summed E-state index contributed by atoms with van der Waals surface area (Å²) in [6.07, 6.45) is 1.09. The number of aliphatic hydroxyl groups excluding tert-OH is 1. The number of aliphatic carboxylic acids is 1. The maximum Gasteiger partial charge on any atom is 0.332 e. The molecule has 1 atom stereocenters. The molecule has 1 heterocycles. The first-order valence-corrected chi connectivity index (χ1v) is 2.98. The minimum absolute atomic E-state index is 0.0463. The van der Waals surface area contributed by atoms with Gasteiger partial charge < -0.3 is 14.6 Å². The molecule has 0 aliphatic heterocycles. The highest BCUT2D eigenvalue weighted by Gasteiger charge is 2.14. The quantitative estimate of drug-likeness (QED) is 0.627. The van der Waals surface area contributed by atoms with Crippen LogP contribution >= 0.6 is 0 Å². The normalized spacial score (nSPS) is 12.8. The standard InChI is InChI=1S/C6H7NO4/c8-5(6(9)10)1-4-2-7-3-11-4/h2-3,5,8H,1H2,(H,9,10). The fraction of sp³-hybridized carbons (Fsp3) is 0.333. The third kappa shape index (κ3) is 2.05. The van der Waals surface area contributed by atoms with Crippen molar-refractivity contribution < 1.29 is 19.4 Å². The highest BCUT2D eigenvalue weighted by atomic mass is 16.4. The molecule has 0 saturated heterocycles. The van der Waals surface area contributed by atoms with Crippen LogP contribution in [-0.4, -0.2) is 27.3 Å². The zero-order chi connectivity index (χ0) is 8.27. The van der Waals surface area contributed by atoms with Crippen LogP contribution in [0, 0.1) is 0 Å². The highest BCUT2D eigenvalue weighted by Crippen LogP contribution is 2.01. The number of carboxylic acid groups (broad SMARTS) is 1. The van der Waals surface area contributed by atoms with Gasteiger partial charge in [0.2, 0.25) is 0 Å². The van der Waals surface area contributed by atoms with Crippen molar-refractivity contribution in [2.75, 3.05) is 0 Å². The summed E-state index contributed by atoms with van der Waals surface area (Å²) < 4.78 is 4.72. The van der Waals surface area contributed by atoms with E-state index in [0.29, 0.717) is 5.76 Å². The van der Waals surface area contributed by atoms with Crippen LogP contribution in [0.5, 0.6) is 0 Å². The van der Waals surface area contributed by atoms with Crippen molar-refractivity contribution in [1.29, 1.82) is 0 Å². The van der Waals surface area contributed by atoms with Crippen molar-refractivity contribution >= 4 is 5.97 Å². The van der Waals surface area contributed by atoms with E-state index in [1.54, 1.807) is 0 Å². The molecule has 2 N–H and O–H groups in total. The smallest absolute Gasteiger partial charge is 0.332 e. The summed E-state index contributed by atoms with van der Waals surface area (Å²) in [4.78, 5) is 13.7. The molecule has 0 aliphatic rings. The van der Waals surface area contributed by atoms with Gasteiger partial charge in [0.1, 0.15) is 5.76 Å². The summed E-state index contributed by atoms with van der Waals surface area (Å²) in [5, 5.41) is 17.1. The van der Waals surface area contributed by atoms with Gasteiger partial charge in [0.25, 0.3) is 0 Å². The van der Waals surface area contributed by atoms with E-state index in [1.807, 2.05) is 0 Å². The van der Waals surface area contributed by atoms with Gasteiger partial charge in [-0.2, -0.15) is 0 Å². The minimum Gasteiger partial charge on any atom is -0.479 e. The van der Waals surface area contributed by atoms with Crippen molar-refractivity contribution in [3.8, 4) is 0 Å². The monoisotopic (exact) mass is 157 g/mol. The second-order valence-corrected chi connectivity index (χ2v) is 2.03. The van der Waals surface area contributed by atoms with E-state index in [2.05, 4.69) is 4.98 Å². The lowest BCUT2D eigenvalue weighted by molar-refractivity contribution is -0.146. The lowest BCUT2D eigenvalue weighted by atomic mass is 10.2. The topological polar surface area (TPSA) is 83.6 Å². The van der Waals surface area contributed by atoms with Gasteiger partial charge in [-0.15, -0.1) is 0 Å². The third-order valence-corrected chi connectivity index (χ3v) is 1.16. The Balaban J connectivity index is 2.50. The van der Waals surface area contributed by atoms with Gasteiger partial charge in [-0.1, -0.05) is 0 Å². The fourth-order valence-corrected chi connectivity index (χ4v) is 0.621. The van der Waals surface area contributed by atoms with Crippen molar-refractivity contribution in [3.63, 3.8) is 0 Å². The second-order valence-electron chi connectivity index (χ2n) is 2.03. The molecule has 0 amide bonds. The van der Waals surface area contributed by atoms with E-state index < -0.39 is 12.1 Å². The number of aliphatic hydroxyl groups is 1. The van der Waals surface area contributed by atoms with Crippen molar-refractivity contribution in [2.45, 2.75) is 12.5 Å². The van der Waals surface area contributed by atoms with Gasteiger partial charge in [0.05, 0.1) is 6.20 Å². The molecule has 0 radical (unpaired) electrons. The number of carboxylic acids is 1. The van der Waals surface area contributed by atoms with Crippen LogP contribution in [0.1, 0.15) is 5.76 Å². The number of carbonyl (C=O) groups is 1. The molecule has 0 fully saturated rings. The van der Waals surface area contributed by atoms with Crippen LogP contribution < -0.4 is 0 Å². The molecule has 1 aromatic rings. The van der Waals surface area contributed by atoms with Gasteiger partial charge in [0, 0.05) is 6.42 Å². The van der Waals surface area contributed by atoms with Gasteiger partial charge in [0.15, 0.2) is 12.5 Å². The molecule has 0 aliphatic carbocycles. The lowest BCUT2D eigenvalue weighted by Gasteiger charge is -1.99. The minimum atomic E-state index is -1.41. The predicted molar refractivity (Wildman–Crippen MR) is 33.8 cm³/mol. The molecule has 0 saturated carbocycles. The molecule has 0 aromatic carbocycles. The molecular formula is C6H7NO4. The number of hydrogen-bond acceptors (Lipinski definition) is 4. The van der Waals surface area contributed by atoms with Gasteiger partial charge in [-0.3, -0.25) is 0 Å². The van der Waals surface area contributed by atoms with Crippen LogP contribution in [0.2, 0.25) is 0 Å². The largest absolute Gasteiger partial charge is 0.479 e. The Bertz CT molecular complexity index is 231. The van der Waals surface area contributed by atoms with Crippen LogP contribution in [0.25, 0.3) is 0 Å². The number of nitrogens with zero attached hydrogens (tertiary/aromatic N) is 1. The second kappa shape index (κ2) is 3.16. The molecule has 0 spiro atoms. The van der Waals surface area contributed by atoms with Crippen LogP contribution in [0.4, 0.5) is 0 Å². The van der Waals surface area contributed by atoms with Crippen molar-refractivity contribution in [3.05, 3.63) is 18.4 Å². The number of aromatic nitrogens is 1. The number of hydrogen-bond donors (Lipinski definition) is 2. The summed E-state index contributed by atoms with van der Waals surface area (Å²) in [7, 11) is 0. The van der Waals surface area contributed by atoms with Crippen molar-refractivity contribution in [2.24, 2.45) is 0 Å². The Morgan fingerprint density at radius 3 is 3.00 bits per heavy atom. The average molecular weight is 157 g/mol. The Hall–Kier alpha value is -1.36. The zero-order valence-corrected chi connectivity index (χ0v) is 5.60. The first-order valence-electron chi connectivity index (χ1n) is 2.98. The lowest BCUT2D eigenvalue weighted by Crippen LogP contribution is -2.21. The van der Waals surface area contributed by atoms with Gasteiger partial charge in [-0.05, 0) is 0 Å². The van der Waals surface area contributed by atoms with E-state index in [0.717, 1.165) is 0 Å². The molecule has 5 heteroatoms. The van der Waals surface area contributed by atoms with E-state index in [9.17, 15) is 4.79 Å². The van der Waals surface area contributed by atoms with Gasteiger partial charge >= 0.3 is 5.97 Å². The molecule has 1 rings (SSSR count). The summed E-state index contributed by atoms with van der Waals surface area (Å²) in [6, 6.07) is 0. The van der Waals surface area contributed by atoms with E-state index in [-0.39, 0.29) is 6.42 Å². The molecule has 11 heavy (non-hydrogen) atoms. The SMILES string of the molecule is O=C(O)C(O)Cc1cnco1. The predicted octanol–water partition coefficient (Wildman–Crippen LogP) is -0.337. The maximum absolute atomic E-state index is 10.1. The zero-order valence-electron chi connectivity index (χ0n) is 5.60. The van der Waals surface area contributed by atoms with Crippen LogP contribution in [0.15, 0.2) is 17.0 Å². The highest BCUT2D eigenvalue weighted by molar-refractivity contribution is 5.72. The molecule has 1 unspecified atom stereocenters. The Kier molecular flexibility index (Phi) is 2.22. The summed E-state index contributed by atoms with van der Waals surface area (Å²) in [5.74, 6) is -0.902. The summed E-state index contributed by atoms with van der Waals surface area (Å²) in [5.41, 5.74) is 0. The first kappa shape index (κ1) is 7.74. The third-order valence-electron chi connectivity index (χ3n) is 1.16. The Labute approximate surface area is 62.3 Å². The van der Waals surface area contributed by atoms with E-state index in [1.165, 1.54) is 12.6 Å². The molecular weight excluding hydrogens is 150 g/mol. The van der Waals surface area contributed by atoms with E-state index >= 15 is 0 Å². The number of rotatable bonds is 3.